The van der Waals surface area contributed by atoms with Crippen LogP contribution in [0.2, 0.25) is 0 Å². The summed E-state index contributed by atoms with van der Waals surface area (Å²) in [6.45, 7) is 2.40. The first-order valence-electron chi connectivity index (χ1n) is 6.87. The van der Waals surface area contributed by atoms with Gasteiger partial charge < -0.3 is 9.74 Å². The number of nitrogens with zero attached hydrogens (tertiary/aromatic N) is 2. The molecule has 1 aliphatic carbocycles. The lowest BCUT2D eigenvalue weighted by Gasteiger charge is -2.30. The van der Waals surface area contributed by atoms with Crippen molar-refractivity contribution in [3.05, 3.63) is 29.3 Å². The third kappa shape index (κ3) is 1.98. The van der Waals surface area contributed by atoms with E-state index in [0.717, 1.165) is 18.6 Å². The Labute approximate surface area is 108 Å². The van der Waals surface area contributed by atoms with E-state index >= 15 is 0 Å². The van der Waals surface area contributed by atoms with E-state index in [4.69, 9.17) is 4.84 Å². The number of benzene rings is 1. The van der Waals surface area contributed by atoms with E-state index in [-0.39, 0.29) is 0 Å². The number of rotatable bonds is 2. The Bertz CT molecular complexity index is 462. The van der Waals surface area contributed by atoms with Gasteiger partial charge in [-0.3, -0.25) is 0 Å². The fourth-order valence-electron chi connectivity index (χ4n) is 3.12. The highest BCUT2D eigenvalue weighted by atomic mass is 16.6. The Morgan fingerprint density at radius 1 is 1.11 bits per heavy atom. The molecule has 1 aromatic carbocycles. The van der Waals surface area contributed by atoms with Crippen LogP contribution in [0, 0.1) is 0 Å². The summed E-state index contributed by atoms with van der Waals surface area (Å²) >= 11 is 0. The minimum atomic E-state index is 1.01. The number of oxime groups is 1. The maximum Gasteiger partial charge on any atom is 0.106 e. The molecule has 3 nitrogen and oxygen atoms in total. The summed E-state index contributed by atoms with van der Waals surface area (Å²) in [6, 6.07) is 6.59. The van der Waals surface area contributed by atoms with Crippen molar-refractivity contribution in [1.29, 1.82) is 0 Å². The van der Waals surface area contributed by atoms with Crippen molar-refractivity contribution < 1.29 is 4.84 Å². The van der Waals surface area contributed by atoms with Crippen molar-refractivity contribution in [1.82, 2.24) is 0 Å². The third-order valence-corrected chi connectivity index (χ3v) is 3.97. The quantitative estimate of drug-likeness (QED) is 0.747. The van der Waals surface area contributed by atoms with Gasteiger partial charge in [0.1, 0.15) is 7.11 Å². The number of piperidine rings is 1. The van der Waals surface area contributed by atoms with Crippen molar-refractivity contribution in [3.63, 3.8) is 0 Å². The molecule has 96 valence electrons. The molecule has 1 heterocycles. The second-order valence-corrected chi connectivity index (χ2v) is 5.07. The highest BCUT2D eigenvalue weighted by Crippen LogP contribution is 2.33. The van der Waals surface area contributed by atoms with E-state index in [0.29, 0.717) is 0 Å². The molecular formula is C15H20N2O. The summed E-state index contributed by atoms with van der Waals surface area (Å²) in [6.07, 6.45) is 6.13. The molecule has 3 heteroatoms. The first-order chi connectivity index (χ1) is 8.90. The first-order valence-corrected chi connectivity index (χ1v) is 6.87. The summed E-state index contributed by atoms with van der Waals surface area (Å²) < 4.78 is 0. The van der Waals surface area contributed by atoms with Crippen molar-refractivity contribution >= 4 is 11.4 Å². The SMILES string of the molecule is CO/N=C1/CCc2c1cccc2N1CCCCC1. The number of hydrogen-bond donors (Lipinski definition) is 0. The van der Waals surface area contributed by atoms with Crippen LogP contribution in [0.1, 0.15) is 36.8 Å². The summed E-state index contributed by atoms with van der Waals surface area (Å²) in [4.78, 5) is 7.48. The Hall–Kier alpha value is -1.51. The maximum absolute atomic E-state index is 4.94. The van der Waals surface area contributed by atoms with Crippen LogP contribution in [0.5, 0.6) is 0 Å². The van der Waals surface area contributed by atoms with Crippen LogP contribution in [0.3, 0.4) is 0 Å². The van der Waals surface area contributed by atoms with E-state index in [1.807, 2.05) is 0 Å². The molecule has 1 aromatic rings. The fourth-order valence-corrected chi connectivity index (χ4v) is 3.12. The summed E-state index contributed by atoms with van der Waals surface area (Å²) in [5.41, 5.74) is 5.29. The van der Waals surface area contributed by atoms with Crippen LogP contribution in [0.25, 0.3) is 0 Å². The average Bonchev–Trinajstić information content (AvgIpc) is 2.84. The first kappa shape index (κ1) is 11.6. The van der Waals surface area contributed by atoms with Gasteiger partial charge >= 0.3 is 0 Å². The second-order valence-electron chi connectivity index (χ2n) is 5.07. The summed E-state index contributed by atoms with van der Waals surface area (Å²) in [7, 11) is 1.62. The Morgan fingerprint density at radius 2 is 1.94 bits per heavy atom. The Kier molecular flexibility index (Phi) is 3.22. The van der Waals surface area contributed by atoms with Gasteiger partial charge in [-0.1, -0.05) is 17.3 Å². The molecule has 0 radical (unpaired) electrons. The number of anilines is 1. The molecule has 1 fully saturated rings. The predicted octanol–water partition coefficient (Wildman–Crippen LogP) is 2.97. The molecule has 0 aromatic heterocycles. The van der Waals surface area contributed by atoms with Gasteiger partial charge in [-0.25, -0.2) is 0 Å². The molecule has 0 spiro atoms. The maximum atomic E-state index is 4.94. The van der Waals surface area contributed by atoms with E-state index in [2.05, 4.69) is 28.3 Å². The molecule has 1 aliphatic heterocycles. The zero-order chi connectivity index (χ0) is 12.4. The topological polar surface area (TPSA) is 24.8 Å². The Balaban J connectivity index is 1.95. The van der Waals surface area contributed by atoms with E-state index in [1.54, 1.807) is 7.11 Å². The van der Waals surface area contributed by atoms with E-state index < -0.39 is 0 Å². The van der Waals surface area contributed by atoms with Gasteiger partial charge in [-0.05, 0) is 43.7 Å². The Morgan fingerprint density at radius 3 is 2.72 bits per heavy atom. The average molecular weight is 244 g/mol. The van der Waals surface area contributed by atoms with Gasteiger partial charge in [0, 0.05) is 24.3 Å². The standard InChI is InChI=1S/C15H20N2O/c1-18-16-14-9-8-13-12(14)6-5-7-15(13)17-10-3-2-4-11-17/h5-7H,2-4,8-11H2,1H3/b16-14-. The van der Waals surface area contributed by atoms with Gasteiger partial charge in [0.25, 0.3) is 0 Å². The lowest BCUT2D eigenvalue weighted by molar-refractivity contribution is 0.213. The van der Waals surface area contributed by atoms with Crippen molar-refractivity contribution in [2.75, 3.05) is 25.1 Å². The largest absolute Gasteiger partial charge is 0.399 e. The normalized spacial score (nSPS) is 21.2. The van der Waals surface area contributed by atoms with Crippen LogP contribution in [-0.2, 0) is 11.3 Å². The van der Waals surface area contributed by atoms with Crippen LogP contribution in [0.15, 0.2) is 23.4 Å². The summed E-state index contributed by atoms with van der Waals surface area (Å²) in [5, 5.41) is 4.15. The van der Waals surface area contributed by atoms with Crippen LogP contribution >= 0.6 is 0 Å². The van der Waals surface area contributed by atoms with E-state index in [9.17, 15) is 0 Å². The van der Waals surface area contributed by atoms with Crippen molar-refractivity contribution in [2.24, 2.45) is 5.16 Å². The highest BCUT2D eigenvalue weighted by Gasteiger charge is 2.24. The van der Waals surface area contributed by atoms with Gasteiger partial charge in [-0.15, -0.1) is 0 Å². The van der Waals surface area contributed by atoms with Crippen LogP contribution in [-0.4, -0.2) is 25.9 Å². The third-order valence-electron chi connectivity index (χ3n) is 3.97. The second kappa shape index (κ2) is 5.01. The molecule has 18 heavy (non-hydrogen) atoms. The molecule has 0 bridgehead atoms. The lowest BCUT2D eigenvalue weighted by Crippen LogP contribution is -2.30. The van der Waals surface area contributed by atoms with Crippen LogP contribution in [0.4, 0.5) is 5.69 Å². The van der Waals surface area contributed by atoms with E-state index in [1.165, 1.54) is 49.2 Å². The molecule has 1 saturated heterocycles. The zero-order valence-corrected chi connectivity index (χ0v) is 11.0. The van der Waals surface area contributed by atoms with Crippen molar-refractivity contribution in [3.8, 4) is 0 Å². The van der Waals surface area contributed by atoms with Crippen LogP contribution < -0.4 is 4.90 Å². The highest BCUT2D eigenvalue weighted by molar-refractivity contribution is 6.05. The molecule has 0 atom stereocenters. The number of hydrogen-bond acceptors (Lipinski definition) is 3. The van der Waals surface area contributed by atoms with Gasteiger partial charge in [0.15, 0.2) is 0 Å². The monoisotopic (exact) mass is 244 g/mol. The van der Waals surface area contributed by atoms with Gasteiger partial charge in [0.05, 0.1) is 5.71 Å². The zero-order valence-electron chi connectivity index (χ0n) is 11.0. The molecule has 0 amide bonds. The fraction of sp³-hybridized carbons (Fsp3) is 0.533. The minimum absolute atomic E-state index is 1.01. The predicted molar refractivity (Wildman–Crippen MR) is 74.4 cm³/mol. The van der Waals surface area contributed by atoms with Gasteiger partial charge in [-0.2, -0.15) is 0 Å². The lowest BCUT2D eigenvalue weighted by atomic mass is 10.0. The molecule has 2 aliphatic rings. The molecule has 0 unspecified atom stereocenters. The molecule has 3 rings (SSSR count). The molecule has 0 N–H and O–H groups in total. The number of fused-ring (bicyclic) bond motifs is 1. The molecular weight excluding hydrogens is 224 g/mol. The summed E-state index contributed by atoms with van der Waals surface area (Å²) in [5.74, 6) is 0. The minimum Gasteiger partial charge on any atom is -0.399 e. The smallest absolute Gasteiger partial charge is 0.106 e. The van der Waals surface area contributed by atoms with Crippen molar-refractivity contribution in [2.45, 2.75) is 32.1 Å². The molecule has 0 saturated carbocycles. The van der Waals surface area contributed by atoms with Gasteiger partial charge in [0.2, 0.25) is 0 Å².